The van der Waals surface area contributed by atoms with Crippen molar-refractivity contribution in [3.05, 3.63) is 29.3 Å². The van der Waals surface area contributed by atoms with E-state index in [1.54, 1.807) is 4.90 Å². The van der Waals surface area contributed by atoms with Crippen molar-refractivity contribution in [3.63, 3.8) is 0 Å². The molecule has 0 aliphatic carbocycles. The van der Waals surface area contributed by atoms with Crippen LogP contribution in [-0.2, 0) is 11.2 Å². The highest BCUT2D eigenvalue weighted by molar-refractivity contribution is 6.00. The maximum Gasteiger partial charge on any atom is 0.231 e. The van der Waals surface area contributed by atoms with Gasteiger partial charge >= 0.3 is 0 Å². The Balaban J connectivity index is 1.96. The molecule has 1 amide bonds. The number of rotatable bonds is 1. The van der Waals surface area contributed by atoms with E-state index in [2.05, 4.69) is 37.4 Å². The third-order valence-electron chi connectivity index (χ3n) is 4.06. The van der Waals surface area contributed by atoms with Crippen LogP contribution in [0.5, 0.6) is 0 Å². The van der Waals surface area contributed by atoms with E-state index in [1.165, 1.54) is 11.1 Å². The zero-order valence-electron chi connectivity index (χ0n) is 10.6. The Morgan fingerprint density at radius 2 is 2.18 bits per heavy atom. The van der Waals surface area contributed by atoms with Gasteiger partial charge in [0.2, 0.25) is 5.91 Å². The molecule has 1 fully saturated rings. The maximum absolute atomic E-state index is 11.6. The summed E-state index contributed by atoms with van der Waals surface area (Å²) in [4.78, 5) is 13.4. The smallest absolute Gasteiger partial charge is 0.231 e. The number of hydrogen-bond donors (Lipinski definition) is 1. The van der Waals surface area contributed by atoms with Crippen molar-refractivity contribution >= 4 is 11.6 Å². The Morgan fingerprint density at radius 3 is 2.76 bits per heavy atom. The molecule has 0 bridgehead atoms. The van der Waals surface area contributed by atoms with Gasteiger partial charge in [0, 0.05) is 25.3 Å². The lowest BCUT2D eigenvalue weighted by Gasteiger charge is -2.46. The predicted octanol–water partition coefficient (Wildman–Crippen LogP) is 1.88. The van der Waals surface area contributed by atoms with Crippen LogP contribution in [0.1, 0.15) is 31.0 Å². The van der Waals surface area contributed by atoms with Crippen molar-refractivity contribution in [2.24, 2.45) is 5.41 Å². The number of anilines is 1. The van der Waals surface area contributed by atoms with Crippen LogP contribution in [0.15, 0.2) is 18.2 Å². The molecule has 3 rings (SSSR count). The zero-order valence-corrected chi connectivity index (χ0v) is 10.6. The van der Waals surface area contributed by atoms with Gasteiger partial charge in [0.05, 0.1) is 6.42 Å². The number of likely N-dealkylation sites (N-methyl/N-ethyl adjacent to an activating group) is 1. The van der Waals surface area contributed by atoms with Gasteiger partial charge in [0.25, 0.3) is 0 Å². The maximum atomic E-state index is 11.6. The average molecular weight is 230 g/mol. The molecule has 1 unspecified atom stereocenters. The number of fused-ring (bicyclic) bond motifs is 1. The van der Waals surface area contributed by atoms with E-state index in [0.29, 0.717) is 17.9 Å². The highest BCUT2D eigenvalue weighted by Crippen LogP contribution is 2.41. The summed E-state index contributed by atoms with van der Waals surface area (Å²) in [7, 11) is 1.85. The summed E-state index contributed by atoms with van der Waals surface area (Å²) in [6.45, 7) is 5.62. The summed E-state index contributed by atoms with van der Waals surface area (Å²) in [5.41, 5.74) is 3.86. The van der Waals surface area contributed by atoms with Crippen LogP contribution in [0.25, 0.3) is 0 Å². The standard InChI is InChI=1S/C14H18N2O/c1-14(2)8-15-13(14)9-4-5-11-10(6-9)7-12(17)16(11)3/h4-6,13,15H,7-8H2,1-3H3. The minimum absolute atomic E-state index is 0.193. The first-order chi connectivity index (χ1) is 7.99. The number of amides is 1. The summed E-state index contributed by atoms with van der Waals surface area (Å²) < 4.78 is 0. The lowest BCUT2D eigenvalue weighted by atomic mass is 9.73. The first-order valence-electron chi connectivity index (χ1n) is 6.12. The van der Waals surface area contributed by atoms with Crippen LogP contribution < -0.4 is 10.2 Å². The van der Waals surface area contributed by atoms with E-state index in [4.69, 9.17) is 0 Å². The van der Waals surface area contributed by atoms with Crippen LogP contribution in [0.2, 0.25) is 0 Å². The third-order valence-corrected chi connectivity index (χ3v) is 4.06. The minimum Gasteiger partial charge on any atom is -0.315 e. The van der Waals surface area contributed by atoms with Gasteiger partial charge in [-0.25, -0.2) is 0 Å². The molecule has 3 nitrogen and oxygen atoms in total. The molecule has 1 aromatic rings. The number of nitrogens with zero attached hydrogens (tertiary/aromatic N) is 1. The van der Waals surface area contributed by atoms with Gasteiger partial charge in [0.1, 0.15) is 0 Å². The summed E-state index contributed by atoms with van der Waals surface area (Å²) >= 11 is 0. The van der Waals surface area contributed by atoms with Gasteiger partial charge in [-0.15, -0.1) is 0 Å². The summed E-state index contributed by atoms with van der Waals surface area (Å²) in [6.07, 6.45) is 0.548. The summed E-state index contributed by atoms with van der Waals surface area (Å²) in [5.74, 6) is 0.193. The summed E-state index contributed by atoms with van der Waals surface area (Å²) in [5, 5.41) is 3.47. The van der Waals surface area contributed by atoms with E-state index >= 15 is 0 Å². The van der Waals surface area contributed by atoms with Crippen molar-refractivity contribution in [1.29, 1.82) is 0 Å². The minimum atomic E-state index is 0.193. The molecule has 1 aromatic carbocycles. The molecule has 0 saturated carbocycles. The van der Waals surface area contributed by atoms with Crippen molar-refractivity contribution in [2.45, 2.75) is 26.3 Å². The fourth-order valence-electron chi connectivity index (χ4n) is 2.85. The molecule has 0 aromatic heterocycles. The molecule has 1 N–H and O–H groups in total. The van der Waals surface area contributed by atoms with E-state index in [9.17, 15) is 4.79 Å². The van der Waals surface area contributed by atoms with Gasteiger partial charge in [-0.3, -0.25) is 4.79 Å². The topological polar surface area (TPSA) is 32.3 Å². The fourth-order valence-corrected chi connectivity index (χ4v) is 2.85. The molecule has 1 saturated heterocycles. The van der Waals surface area contributed by atoms with E-state index in [1.807, 2.05) is 7.05 Å². The molecule has 2 aliphatic heterocycles. The van der Waals surface area contributed by atoms with Gasteiger partial charge in [-0.05, 0) is 22.6 Å². The van der Waals surface area contributed by atoms with Crippen molar-refractivity contribution in [3.8, 4) is 0 Å². The molecule has 2 heterocycles. The molecule has 17 heavy (non-hydrogen) atoms. The second kappa shape index (κ2) is 3.33. The number of benzene rings is 1. The third kappa shape index (κ3) is 1.49. The largest absolute Gasteiger partial charge is 0.315 e. The Hall–Kier alpha value is -1.35. The van der Waals surface area contributed by atoms with Crippen molar-refractivity contribution < 1.29 is 4.79 Å². The van der Waals surface area contributed by atoms with Crippen LogP contribution in [0.3, 0.4) is 0 Å². The predicted molar refractivity (Wildman–Crippen MR) is 68.1 cm³/mol. The fraction of sp³-hybridized carbons (Fsp3) is 0.500. The van der Waals surface area contributed by atoms with E-state index in [-0.39, 0.29) is 5.91 Å². The second-order valence-electron chi connectivity index (χ2n) is 5.82. The van der Waals surface area contributed by atoms with Crippen molar-refractivity contribution in [2.75, 3.05) is 18.5 Å². The highest BCUT2D eigenvalue weighted by atomic mass is 16.2. The lowest BCUT2D eigenvalue weighted by molar-refractivity contribution is -0.117. The van der Waals surface area contributed by atoms with Gasteiger partial charge < -0.3 is 10.2 Å². The normalized spacial score (nSPS) is 25.7. The van der Waals surface area contributed by atoms with Crippen LogP contribution in [0, 0.1) is 5.41 Å². The zero-order chi connectivity index (χ0) is 12.2. The molecule has 0 radical (unpaired) electrons. The highest BCUT2D eigenvalue weighted by Gasteiger charge is 2.39. The number of hydrogen-bond acceptors (Lipinski definition) is 2. The van der Waals surface area contributed by atoms with E-state index < -0.39 is 0 Å². The van der Waals surface area contributed by atoms with Crippen molar-refractivity contribution in [1.82, 2.24) is 5.32 Å². The molecule has 0 spiro atoms. The Labute approximate surface area is 102 Å². The molecule has 1 atom stereocenters. The Morgan fingerprint density at radius 1 is 1.41 bits per heavy atom. The van der Waals surface area contributed by atoms with Gasteiger partial charge in [-0.2, -0.15) is 0 Å². The monoisotopic (exact) mass is 230 g/mol. The molecular weight excluding hydrogens is 212 g/mol. The molecule has 3 heteroatoms. The number of carbonyl (C=O) groups is 1. The van der Waals surface area contributed by atoms with Gasteiger partial charge in [0.15, 0.2) is 0 Å². The number of carbonyl (C=O) groups excluding carboxylic acids is 1. The number of nitrogens with one attached hydrogen (secondary N) is 1. The molecule has 90 valence electrons. The lowest BCUT2D eigenvalue weighted by Crippen LogP contribution is -2.52. The van der Waals surface area contributed by atoms with Gasteiger partial charge in [-0.1, -0.05) is 26.0 Å². The van der Waals surface area contributed by atoms with Crippen LogP contribution >= 0.6 is 0 Å². The quantitative estimate of drug-likeness (QED) is 0.799. The first-order valence-corrected chi connectivity index (χ1v) is 6.12. The SMILES string of the molecule is CN1C(=O)Cc2cc(C3NCC3(C)C)ccc21. The van der Waals surface area contributed by atoms with Crippen LogP contribution in [0.4, 0.5) is 5.69 Å². The van der Waals surface area contributed by atoms with Crippen LogP contribution in [-0.4, -0.2) is 19.5 Å². The first kappa shape index (κ1) is 10.8. The molecular formula is C14H18N2O. The second-order valence-corrected chi connectivity index (χ2v) is 5.82. The molecule has 2 aliphatic rings. The Bertz CT molecular complexity index is 493. The summed E-state index contributed by atoms with van der Waals surface area (Å²) in [6, 6.07) is 6.84. The van der Waals surface area contributed by atoms with E-state index in [0.717, 1.165) is 12.2 Å². The Kier molecular flexibility index (Phi) is 2.11. The average Bonchev–Trinajstić information content (AvgIpc) is 2.53.